The predicted molar refractivity (Wildman–Crippen MR) is 76.9 cm³/mol. The Bertz CT molecular complexity index is 693. The molecule has 3 rings (SSSR count). The zero-order valence-corrected chi connectivity index (χ0v) is 11.8. The zero-order chi connectivity index (χ0) is 14.3. The quantitative estimate of drug-likeness (QED) is 0.898. The Balaban J connectivity index is 1.88. The van der Waals surface area contributed by atoms with Crippen molar-refractivity contribution in [1.29, 1.82) is 0 Å². The first-order chi connectivity index (χ1) is 9.56. The third-order valence-electron chi connectivity index (χ3n) is 3.58. The van der Waals surface area contributed by atoms with Crippen molar-refractivity contribution < 1.29 is 9.18 Å². The van der Waals surface area contributed by atoms with Crippen molar-refractivity contribution in [1.82, 2.24) is 4.57 Å². The largest absolute Gasteiger partial charge is 0.340 e. The van der Waals surface area contributed by atoms with E-state index < -0.39 is 5.82 Å². The Morgan fingerprint density at radius 1 is 1.40 bits per heavy atom. The average molecular weight is 293 g/mol. The maximum Gasteiger partial charge on any atom is 0.272 e. The second-order valence-corrected chi connectivity index (χ2v) is 5.41. The summed E-state index contributed by atoms with van der Waals surface area (Å²) in [4.78, 5) is 12.4. The summed E-state index contributed by atoms with van der Waals surface area (Å²) in [7, 11) is 0. The maximum absolute atomic E-state index is 13.1. The number of anilines is 1. The summed E-state index contributed by atoms with van der Waals surface area (Å²) in [6.45, 7) is 2.80. The summed E-state index contributed by atoms with van der Waals surface area (Å²) >= 11 is 5.72. The minimum Gasteiger partial charge on any atom is -0.340 e. The maximum atomic E-state index is 13.1. The van der Waals surface area contributed by atoms with Gasteiger partial charge in [0.05, 0.1) is 5.02 Å². The van der Waals surface area contributed by atoms with E-state index in [2.05, 4.69) is 16.0 Å². The van der Waals surface area contributed by atoms with Gasteiger partial charge in [-0.2, -0.15) is 0 Å². The Labute approximate surface area is 121 Å². The van der Waals surface area contributed by atoms with Crippen LogP contribution in [-0.2, 0) is 13.0 Å². The number of benzene rings is 1. The van der Waals surface area contributed by atoms with Gasteiger partial charge in [-0.25, -0.2) is 4.39 Å². The molecule has 1 amide bonds. The van der Waals surface area contributed by atoms with Crippen molar-refractivity contribution in [3.8, 4) is 0 Å². The number of hydrogen-bond acceptors (Lipinski definition) is 1. The van der Waals surface area contributed by atoms with E-state index in [4.69, 9.17) is 11.6 Å². The van der Waals surface area contributed by atoms with Crippen molar-refractivity contribution in [3.05, 3.63) is 52.1 Å². The number of halogens is 2. The molecule has 1 aliphatic rings. The lowest BCUT2D eigenvalue weighted by Gasteiger charge is -2.09. The number of hydrogen-bond donors (Lipinski definition) is 1. The van der Waals surface area contributed by atoms with Gasteiger partial charge in [-0.15, -0.1) is 0 Å². The molecular weight excluding hydrogens is 279 g/mol. The molecule has 2 heterocycles. The standard InChI is InChI=1S/C15H14ClFN2O/c1-9-7-11-3-2-6-19(11)14(9)15(20)18-10-4-5-13(17)12(16)8-10/h4-5,7-8H,2-3,6H2,1H3,(H,18,20). The van der Waals surface area contributed by atoms with Crippen molar-refractivity contribution in [2.24, 2.45) is 0 Å². The highest BCUT2D eigenvalue weighted by atomic mass is 35.5. The minimum atomic E-state index is -0.496. The van der Waals surface area contributed by atoms with Crippen LogP contribution in [0.2, 0.25) is 5.02 Å². The van der Waals surface area contributed by atoms with Crippen LogP contribution in [0.1, 0.15) is 28.2 Å². The highest BCUT2D eigenvalue weighted by Crippen LogP contribution is 2.25. The van der Waals surface area contributed by atoms with E-state index in [1.54, 1.807) is 0 Å². The molecule has 2 aromatic rings. The van der Waals surface area contributed by atoms with Crippen LogP contribution in [0.5, 0.6) is 0 Å². The van der Waals surface area contributed by atoms with E-state index in [9.17, 15) is 9.18 Å². The highest BCUT2D eigenvalue weighted by molar-refractivity contribution is 6.31. The fourth-order valence-electron chi connectivity index (χ4n) is 2.70. The lowest BCUT2D eigenvalue weighted by atomic mass is 10.2. The van der Waals surface area contributed by atoms with Crippen LogP contribution in [0.3, 0.4) is 0 Å². The van der Waals surface area contributed by atoms with E-state index in [1.165, 1.54) is 23.9 Å². The smallest absolute Gasteiger partial charge is 0.272 e. The molecule has 0 spiro atoms. The summed E-state index contributed by atoms with van der Waals surface area (Å²) in [6, 6.07) is 6.22. The molecule has 0 atom stereocenters. The zero-order valence-electron chi connectivity index (χ0n) is 11.0. The van der Waals surface area contributed by atoms with Crippen molar-refractivity contribution in [2.45, 2.75) is 26.3 Å². The molecule has 1 N–H and O–H groups in total. The van der Waals surface area contributed by atoms with E-state index in [-0.39, 0.29) is 10.9 Å². The SMILES string of the molecule is Cc1cc2n(c1C(=O)Nc1ccc(F)c(Cl)c1)CCC2. The van der Waals surface area contributed by atoms with Crippen LogP contribution < -0.4 is 5.32 Å². The third-order valence-corrected chi connectivity index (χ3v) is 3.87. The molecule has 0 radical (unpaired) electrons. The topological polar surface area (TPSA) is 34.0 Å². The first-order valence-corrected chi connectivity index (χ1v) is 6.89. The first kappa shape index (κ1) is 13.2. The molecule has 3 nitrogen and oxygen atoms in total. The number of rotatable bonds is 2. The number of carbonyl (C=O) groups is 1. The van der Waals surface area contributed by atoms with Gasteiger partial charge in [0.1, 0.15) is 11.5 Å². The third kappa shape index (κ3) is 2.20. The fraction of sp³-hybridized carbons (Fsp3) is 0.267. The van der Waals surface area contributed by atoms with Crippen LogP contribution in [0.25, 0.3) is 0 Å². The Morgan fingerprint density at radius 2 is 2.20 bits per heavy atom. The predicted octanol–water partition coefficient (Wildman–Crippen LogP) is 3.79. The van der Waals surface area contributed by atoms with E-state index in [0.29, 0.717) is 11.4 Å². The summed E-state index contributed by atoms with van der Waals surface area (Å²) in [5, 5.41) is 2.77. The van der Waals surface area contributed by atoms with Gasteiger partial charge in [-0.3, -0.25) is 4.79 Å². The van der Waals surface area contributed by atoms with Gasteiger partial charge < -0.3 is 9.88 Å². The van der Waals surface area contributed by atoms with Gasteiger partial charge in [0.15, 0.2) is 0 Å². The average Bonchev–Trinajstić information content (AvgIpc) is 2.93. The molecule has 0 saturated heterocycles. The number of nitrogens with zero attached hydrogens (tertiary/aromatic N) is 1. The molecule has 0 saturated carbocycles. The number of fused-ring (bicyclic) bond motifs is 1. The second kappa shape index (κ2) is 4.94. The van der Waals surface area contributed by atoms with E-state index >= 15 is 0 Å². The van der Waals surface area contributed by atoms with Gasteiger partial charge in [-0.05, 0) is 49.6 Å². The normalized spacial score (nSPS) is 13.3. The van der Waals surface area contributed by atoms with Crippen LogP contribution in [0.15, 0.2) is 24.3 Å². The minimum absolute atomic E-state index is 0.0000833. The number of amides is 1. The summed E-state index contributed by atoms with van der Waals surface area (Å²) in [6.07, 6.45) is 2.08. The van der Waals surface area contributed by atoms with Crippen molar-refractivity contribution >= 4 is 23.2 Å². The molecule has 0 bridgehead atoms. The van der Waals surface area contributed by atoms with Gasteiger partial charge in [0.2, 0.25) is 0 Å². The summed E-state index contributed by atoms with van der Waals surface area (Å²) in [5.74, 6) is -0.678. The lowest BCUT2D eigenvalue weighted by Crippen LogP contribution is -2.17. The van der Waals surface area contributed by atoms with Crippen molar-refractivity contribution in [2.75, 3.05) is 5.32 Å². The molecular formula is C15H14ClFN2O. The monoisotopic (exact) mass is 292 g/mol. The molecule has 0 aliphatic carbocycles. The Morgan fingerprint density at radius 3 is 2.95 bits per heavy atom. The Kier molecular flexibility index (Phi) is 3.26. The van der Waals surface area contributed by atoms with E-state index in [0.717, 1.165) is 24.9 Å². The molecule has 5 heteroatoms. The second-order valence-electron chi connectivity index (χ2n) is 5.01. The van der Waals surface area contributed by atoms with Gasteiger partial charge >= 0.3 is 0 Å². The molecule has 20 heavy (non-hydrogen) atoms. The first-order valence-electron chi connectivity index (χ1n) is 6.51. The number of aryl methyl sites for hydroxylation is 2. The Hall–Kier alpha value is -1.81. The molecule has 1 aromatic heterocycles. The van der Waals surface area contributed by atoms with Crippen LogP contribution in [0, 0.1) is 12.7 Å². The van der Waals surface area contributed by atoms with Crippen molar-refractivity contribution in [3.63, 3.8) is 0 Å². The summed E-state index contributed by atoms with van der Waals surface area (Å²) < 4.78 is 15.2. The number of nitrogens with one attached hydrogen (secondary N) is 1. The van der Waals surface area contributed by atoms with Crippen LogP contribution >= 0.6 is 11.6 Å². The lowest BCUT2D eigenvalue weighted by molar-refractivity contribution is 0.101. The fourth-order valence-corrected chi connectivity index (χ4v) is 2.88. The van der Waals surface area contributed by atoms with Gasteiger partial charge in [0, 0.05) is 17.9 Å². The molecule has 0 unspecified atom stereocenters. The molecule has 0 fully saturated rings. The number of carbonyl (C=O) groups excluding carboxylic acids is 1. The molecule has 1 aromatic carbocycles. The highest BCUT2D eigenvalue weighted by Gasteiger charge is 2.22. The van der Waals surface area contributed by atoms with Crippen LogP contribution in [0.4, 0.5) is 10.1 Å². The molecule has 104 valence electrons. The van der Waals surface area contributed by atoms with Crippen LogP contribution in [-0.4, -0.2) is 10.5 Å². The van der Waals surface area contributed by atoms with Gasteiger partial charge in [0.25, 0.3) is 5.91 Å². The van der Waals surface area contributed by atoms with E-state index in [1.807, 2.05) is 6.92 Å². The van der Waals surface area contributed by atoms with Gasteiger partial charge in [-0.1, -0.05) is 11.6 Å². The molecule has 1 aliphatic heterocycles. The summed E-state index contributed by atoms with van der Waals surface area (Å²) in [5.41, 5.74) is 3.34. The number of aromatic nitrogens is 1.